The van der Waals surface area contributed by atoms with E-state index in [1.165, 1.54) is 56.4 Å². The van der Waals surface area contributed by atoms with Gasteiger partial charge in [0.05, 0.1) is 5.51 Å². The Morgan fingerprint density at radius 3 is 2.71 bits per heavy atom. The maximum atomic E-state index is 4.20. The first-order chi connectivity index (χ1) is 8.42. The molecule has 2 fully saturated rings. The van der Waals surface area contributed by atoms with Gasteiger partial charge in [-0.2, -0.15) is 0 Å². The van der Waals surface area contributed by atoms with Crippen LogP contribution < -0.4 is 5.32 Å². The summed E-state index contributed by atoms with van der Waals surface area (Å²) in [6.07, 6.45) is 11.9. The third-order valence-electron chi connectivity index (χ3n) is 4.26. The average Bonchev–Trinajstić information content (AvgIpc) is 3.05. The number of aromatic nitrogens is 1. The van der Waals surface area contributed by atoms with Crippen LogP contribution >= 0.6 is 11.3 Å². The Labute approximate surface area is 108 Å². The highest BCUT2D eigenvalue weighted by atomic mass is 32.1. The molecule has 3 heteroatoms. The summed E-state index contributed by atoms with van der Waals surface area (Å²) in [6, 6.07) is 0.862. The molecule has 1 heterocycles. The zero-order chi connectivity index (χ0) is 11.5. The Morgan fingerprint density at radius 1 is 1.18 bits per heavy atom. The molecular formula is C14H22N2S. The van der Waals surface area contributed by atoms with E-state index in [1.807, 2.05) is 16.8 Å². The molecular weight excluding hydrogens is 228 g/mol. The summed E-state index contributed by atoms with van der Waals surface area (Å²) >= 11 is 1.82. The first kappa shape index (κ1) is 11.7. The molecule has 1 aromatic heterocycles. The van der Waals surface area contributed by atoms with Gasteiger partial charge < -0.3 is 5.32 Å². The second-order valence-corrected chi connectivity index (χ2v) is 6.63. The van der Waals surface area contributed by atoms with E-state index in [1.54, 1.807) is 0 Å². The summed E-state index contributed by atoms with van der Waals surface area (Å²) in [4.78, 5) is 5.68. The number of hydrogen-bond acceptors (Lipinski definition) is 3. The molecule has 2 saturated carbocycles. The summed E-state index contributed by atoms with van der Waals surface area (Å²) in [5, 5.41) is 3.72. The van der Waals surface area contributed by atoms with Gasteiger partial charge in [-0.25, -0.2) is 0 Å². The molecule has 0 radical (unpaired) electrons. The molecule has 0 aliphatic heterocycles. The summed E-state index contributed by atoms with van der Waals surface area (Å²) in [7, 11) is 0. The third-order valence-corrected chi connectivity index (χ3v) is 5.06. The van der Waals surface area contributed by atoms with Crippen molar-refractivity contribution in [3.8, 4) is 0 Å². The van der Waals surface area contributed by atoms with Gasteiger partial charge in [0.2, 0.25) is 0 Å². The standard InChI is InChI=1S/C14H22N2S/c1-2-4-12(8-16-13-5-6-13)11(3-1)7-14-9-15-10-17-14/h9-13,16H,1-8H2. The number of nitrogens with one attached hydrogen (secondary N) is 1. The van der Waals surface area contributed by atoms with Gasteiger partial charge in [0.1, 0.15) is 0 Å². The van der Waals surface area contributed by atoms with Crippen molar-refractivity contribution in [2.75, 3.05) is 6.54 Å². The molecule has 17 heavy (non-hydrogen) atoms. The highest BCUT2D eigenvalue weighted by Gasteiger charge is 2.28. The van der Waals surface area contributed by atoms with E-state index >= 15 is 0 Å². The van der Waals surface area contributed by atoms with Crippen LogP contribution in [0.4, 0.5) is 0 Å². The molecule has 2 aliphatic rings. The molecule has 0 saturated heterocycles. The Hall–Kier alpha value is -0.410. The summed E-state index contributed by atoms with van der Waals surface area (Å²) < 4.78 is 0. The van der Waals surface area contributed by atoms with Gasteiger partial charge >= 0.3 is 0 Å². The number of thiazole rings is 1. The minimum Gasteiger partial charge on any atom is -0.314 e. The molecule has 0 spiro atoms. The third kappa shape index (κ3) is 3.29. The predicted molar refractivity (Wildman–Crippen MR) is 72.3 cm³/mol. The predicted octanol–water partition coefficient (Wildman–Crippen LogP) is 3.24. The van der Waals surface area contributed by atoms with Crippen molar-refractivity contribution in [2.24, 2.45) is 11.8 Å². The summed E-state index contributed by atoms with van der Waals surface area (Å²) in [5.41, 5.74) is 1.97. The lowest BCUT2D eigenvalue weighted by Gasteiger charge is -2.31. The van der Waals surface area contributed by atoms with Crippen molar-refractivity contribution >= 4 is 11.3 Å². The number of nitrogens with zero attached hydrogens (tertiary/aromatic N) is 1. The lowest BCUT2D eigenvalue weighted by atomic mass is 9.77. The smallest absolute Gasteiger partial charge is 0.0794 e. The first-order valence-corrected chi connectivity index (χ1v) is 7.90. The summed E-state index contributed by atoms with van der Waals surface area (Å²) in [6.45, 7) is 1.26. The minimum absolute atomic E-state index is 0.862. The lowest BCUT2D eigenvalue weighted by Crippen LogP contribution is -2.32. The van der Waals surface area contributed by atoms with Crippen molar-refractivity contribution in [3.63, 3.8) is 0 Å². The van der Waals surface area contributed by atoms with Crippen LogP contribution in [0.2, 0.25) is 0 Å². The highest BCUT2D eigenvalue weighted by molar-refractivity contribution is 7.09. The molecule has 2 atom stereocenters. The second kappa shape index (κ2) is 5.49. The lowest BCUT2D eigenvalue weighted by molar-refractivity contribution is 0.229. The fraction of sp³-hybridized carbons (Fsp3) is 0.786. The van der Waals surface area contributed by atoms with E-state index in [-0.39, 0.29) is 0 Å². The minimum atomic E-state index is 0.862. The van der Waals surface area contributed by atoms with Crippen LogP contribution in [0, 0.1) is 11.8 Å². The van der Waals surface area contributed by atoms with Crippen molar-refractivity contribution in [1.29, 1.82) is 0 Å². The molecule has 2 unspecified atom stereocenters. The first-order valence-electron chi connectivity index (χ1n) is 7.02. The van der Waals surface area contributed by atoms with Crippen LogP contribution in [0.5, 0.6) is 0 Å². The van der Waals surface area contributed by atoms with Gasteiger partial charge in [0.15, 0.2) is 0 Å². The van der Waals surface area contributed by atoms with E-state index in [2.05, 4.69) is 16.5 Å². The van der Waals surface area contributed by atoms with Gasteiger partial charge in [-0.05, 0) is 50.5 Å². The van der Waals surface area contributed by atoms with Gasteiger partial charge in [-0.3, -0.25) is 4.98 Å². The fourth-order valence-corrected chi connectivity index (χ4v) is 3.72. The number of hydrogen-bond donors (Lipinski definition) is 1. The Balaban J connectivity index is 1.54. The fourth-order valence-electron chi connectivity index (χ4n) is 3.03. The molecule has 2 nitrogen and oxygen atoms in total. The van der Waals surface area contributed by atoms with Gasteiger partial charge in [0, 0.05) is 17.1 Å². The van der Waals surface area contributed by atoms with E-state index < -0.39 is 0 Å². The van der Waals surface area contributed by atoms with Crippen molar-refractivity contribution in [2.45, 2.75) is 51.0 Å². The zero-order valence-electron chi connectivity index (χ0n) is 10.4. The Kier molecular flexibility index (Phi) is 3.77. The molecule has 2 aliphatic carbocycles. The van der Waals surface area contributed by atoms with Crippen molar-refractivity contribution in [1.82, 2.24) is 10.3 Å². The Morgan fingerprint density at radius 2 is 2.00 bits per heavy atom. The zero-order valence-corrected chi connectivity index (χ0v) is 11.2. The van der Waals surface area contributed by atoms with Crippen LogP contribution in [0.25, 0.3) is 0 Å². The van der Waals surface area contributed by atoms with Crippen LogP contribution in [0.1, 0.15) is 43.4 Å². The molecule has 94 valence electrons. The molecule has 1 aromatic rings. The largest absolute Gasteiger partial charge is 0.314 e. The maximum absolute atomic E-state index is 4.20. The maximum Gasteiger partial charge on any atom is 0.0794 e. The SMILES string of the molecule is c1ncc(CC2CCCCC2CNC2CC2)s1. The van der Waals surface area contributed by atoms with Crippen LogP contribution in [0.3, 0.4) is 0 Å². The Bertz CT molecular complexity index is 332. The highest BCUT2D eigenvalue weighted by Crippen LogP contribution is 2.33. The second-order valence-electron chi connectivity index (χ2n) is 5.66. The molecule has 0 amide bonds. The van der Waals surface area contributed by atoms with Gasteiger partial charge in [-0.15, -0.1) is 11.3 Å². The monoisotopic (exact) mass is 250 g/mol. The van der Waals surface area contributed by atoms with Crippen molar-refractivity contribution in [3.05, 3.63) is 16.6 Å². The van der Waals surface area contributed by atoms with E-state index in [9.17, 15) is 0 Å². The van der Waals surface area contributed by atoms with Crippen LogP contribution in [-0.4, -0.2) is 17.6 Å². The van der Waals surface area contributed by atoms with Gasteiger partial charge in [0.25, 0.3) is 0 Å². The summed E-state index contributed by atoms with van der Waals surface area (Å²) in [5.74, 6) is 1.81. The molecule has 3 rings (SSSR count). The van der Waals surface area contributed by atoms with Crippen LogP contribution in [0.15, 0.2) is 11.7 Å². The molecule has 0 bridgehead atoms. The van der Waals surface area contributed by atoms with E-state index in [4.69, 9.17) is 0 Å². The quantitative estimate of drug-likeness (QED) is 0.868. The number of rotatable bonds is 5. The van der Waals surface area contributed by atoms with Crippen LogP contribution in [-0.2, 0) is 6.42 Å². The van der Waals surface area contributed by atoms with E-state index in [0.29, 0.717) is 0 Å². The normalized spacial score (nSPS) is 29.4. The van der Waals surface area contributed by atoms with Crippen molar-refractivity contribution < 1.29 is 0 Å². The average molecular weight is 250 g/mol. The molecule has 1 N–H and O–H groups in total. The topological polar surface area (TPSA) is 24.9 Å². The van der Waals surface area contributed by atoms with Gasteiger partial charge in [-0.1, -0.05) is 12.8 Å². The van der Waals surface area contributed by atoms with E-state index in [0.717, 1.165) is 17.9 Å². The molecule has 0 aromatic carbocycles.